The summed E-state index contributed by atoms with van der Waals surface area (Å²) in [6.07, 6.45) is 9.34. The summed E-state index contributed by atoms with van der Waals surface area (Å²) in [4.78, 5) is 0.120. The first-order chi connectivity index (χ1) is 19.3. The van der Waals surface area contributed by atoms with Crippen molar-refractivity contribution in [1.82, 2.24) is 8.61 Å². The summed E-state index contributed by atoms with van der Waals surface area (Å²) in [5.41, 5.74) is 1.42. The molecule has 1 aliphatic carbocycles. The Balaban J connectivity index is 1.54. The Bertz CT molecular complexity index is 1400. The van der Waals surface area contributed by atoms with Crippen molar-refractivity contribution in [3.63, 3.8) is 0 Å². The van der Waals surface area contributed by atoms with Crippen molar-refractivity contribution in [3.8, 4) is 0 Å². The molecule has 12 heteroatoms. The number of sulfonamides is 2. The molecule has 0 saturated carbocycles. The fourth-order valence-corrected chi connectivity index (χ4v) is 8.98. The first-order valence-corrected chi connectivity index (χ1v) is 16.9. The van der Waals surface area contributed by atoms with E-state index in [1.807, 2.05) is 0 Å². The van der Waals surface area contributed by atoms with Crippen LogP contribution in [0.25, 0.3) is 0 Å². The smallest absolute Gasteiger partial charge is 0.243 e. The van der Waals surface area contributed by atoms with Crippen LogP contribution in [-0.4, -0.2) is 73.5 Å². The molecule has 3 aliphatic rings. The van der Waals surface area contributed by atoms with Crippen LogP contribution in [0, 0.1) is 0 Å². The van der Waals surface area contributed by atoms with Crippen molar-refractivity contribution >= 4 is 31.5 Å². The predicted octanol–water partition coefficient (Wildman–Crippen LogP) is 4.36. The topological polar surface area (TPSA) is 140 Å². The maximum absolute atomic E-state index is 13.6. The van der Waals surface area contributed by atoms with E-state index in [1.54, 1.807) is 0 Å². The van der Waals surface area contributed by atoms with Gasteiger partial charge in [0.1, 0.15) is 11.4 Å². The van der Waals surface area contributed by atoms with Gasteiger partial charge in [0.25, 0.3) is 0 Å². The number of oxime groups is 2. The van der Waals surface area contributed by atoms with Gasteiger partial charge in [-0.3, -0.25) is 0 Å². The summed E-state index contributed by atoms with van der Waals surface area (Å²) in [6.45, 7) is 1.78. The quantitative estimate of drug-likeness (QED) is 0.343. The molecule has 2 aromatic carbocycles. The molecule has 2 aromatic rings. The summed E-state index contributed by atoms with van der Waals surface area (Å²) in [7, 11) is -7.61. The van der Waals surface area contributed by atoms with Crippen molar-refractivity contribution in [2.45, 2.75) is 74.0 Å². The van der Waals surface area contributed by atoms with E-state index in [0.717, 1.165) is 64.2 Å². The lowest BCUT2D eigenvalue weighted by atomic mass is 9.83. The van der Waals surface area contributed by atoms with Gasteiger partial charge in [-0.1, -0.05) is 61.0 Å². The number of rotatable bonds is 4. The van der Waals surface area contributed by atoms with Crippen LogP contribution in [0.5, 0.6) is 0 Å². The third kappa shape index (κ3) is 5.41. The minimum absolute atomic E-state index is 0.0602. The van der Waals surface area contributed by atoms with Crippen molar-refractivity contribution < 1.29 is 27.3 Å². The molecule has 0 atom stereocenters. The minimum Gasteiger partial charge on any atom is -0.410 e. The van der Waals surface area contributed by atoms with E-state index in [2.05, 4.69) is 10.3 Å². The number of hydrogen-bond acceptors (Lipinski definition) is 8. The molecule has 2 saturated heterocycles. The molecule has 2 N–H and O–H groups in total. The second kappa shape index (κ2) is 12.0. The largest absolute Gasteiger partial charge is 0.410 e. The lowest BCUT2D eigenvalue weighted by molar-refractivity contribution is 0.318. The Hall–Kier alpha value is -2.80. The van der Waals surface area contributed by atoms with Crippen LogP contribution in [0.4, 0.5) is 0 Å². The Kier molecular flexibility index (Phi) is 8.60. The molecule has 216 valence electrons. The fraction of sp³-hybridized carbons (Fsp3) is 0.500. The fourth-order valence-electron chi connectivity index (χ4n) is 5.89. The lowest BCUT2D eigenvalue weighted by Gasteiger charge is -2.27. The number of fused-ring (bicyclic) bond motifs is 2. The van der Waals surface area contributed by atoms with Crippen LogP contribution < -0.4 is 0 Å². The maximum atomic E-state index is 13.6. The highest BCUT2D eigenvalue weighted by Gasteiger charge is 2.33. The standard InChI is InChI=1S/C28H36N4O6S2/c33-29-27-24-14-12-22(40(37,38)32-17-9-5-2-6-10-18-32)20-26(24)28(30-34)23-13-11-21(19-25(23)27)39(35,36)31-15-7-3-1-4-8-16-31/h11-14,19-20,33-34H,1-10,15-18H2/b29-27+,30-28+. The molecule has 0 aromatic heterocycles. The summed E-state index contributed by atoms with van der Waals surface area (Å²) in [5, 5.41) is 27.0. The molecule has 0 unspecified atom stereocenters. The van der Waals surface area contributed by atoms with E-state index in [-0.39, 0.29) is 32.3 Å². The summed E-state index contributed by atoms with van der Waals surface area (Å²) >= 11 is 0. The molecule has 2 aliphatic heterocycles. The van der Waals surface area contributed by atoms with Crippen LogP contribution in [0.2, 0.25) is 0 Å². The summed E-state index contributed by atoms with van der Waals surface area (Å²) in [6, 6.07) is 8.84. The molecule has 2 heterocycles. The van der Waals surface area contributed by atoms with Gasteiger partial charge in [0.2, 0.25) is 20.0 Å². The van der Waals surface area contributed by atoms with Crippen LogP contribution in [0.15, 0.2) is 56.5 Å². The first-order valence-electron chi connectivity index (χ1n) is 14.0. The van der Waals surface area contributed by atoms with E-state index in [1.165, 1.54) is 45.0 Å². The lowest BCUT2D eigenvalue weighted by Crippen LogP contribution is -2.34. The first kappa shape index (κ1) is 28.7. The van der Waals surface area contributed by atoms with Crippen molar-refractivity contribution in [3.05, 3.63) is 58.7 Å². The third-order valence-corrected chi connectivity index (χ3v) is 11.9. The van der Waals surface area contributed by atoms with Crippen LogP contribution >= 0.6 is 0 Å². The average Bonchev–Trinajstić information content (AvgIpc) is 2.90. The second-order valence-corrected chi connectivity index (χ2v) is 14.5. The summed E-state index contributed by atoms with van der Waals surface area (Å²) in [5.74, 6) is 0. The van der Waals surface area contributed by atoms with Gasteiger partial charge in [0.05, 0.1) is 9.79 Å². The van der Waals surface area contributed by atoms with Gasteiger partial charge < -0.3 is 10.4 Å². The predicted molar refractivity (Wildman–Crippen MR) is 151 cm³/mol. The van der Waals surface area contributed by atoms with Gasteiger partial charge in [0, 0.05) is 48.4 Å². The highest BCUT2D eigenvalue weighted by atomic mass is 32.2. The molecular formula is C28H36N4O6S2. The van der Waals surface area contributed by atoms with Crippen molar-refractivity contribution in [2.75, 3.05) is 26.2 Å². The molecule has 0 amide bonds. The zero-order valence-corrected chi connectivity index (χ0v) is 24.1. The average molecular weight is 589 g/mol. The maximum Gasteiger partial charge on any atom is 0.243 e. The third-order valence-electron chi connectivity index (χ3n) is 8.11. The van der Waals surface area contributed by atoms with Crippen molar-refractivity contribution in [1.29, 1.82) is 0 Å². The van der Waals surface area contributed by atoms with E-state index in [0.29, 0.717) is 37.3 Å². The number of benzene rings is 2. The molecule has 5 rings (SSSR count). The molecule has 0 spiro atoms. The Labute approximate surface area is 236 Å². The zero-order valence-electron chi connectivity index (χ0n) is 22.5. The normalized spacial score (nSPS) is 22.1. The Morgan fingerprint density at radius 3 is 1.15 bits per heavy atom. The zero-order chi connectivity index (χ0) is 28.3. The number of nitrogens with zero attached hydrogens (tertiary/aromatic N) is 4. The van der Waals surface area contributed by atoms with E-state index >= 15 is 0 Å². The van der Waals surface area contributed by atoms with Crippen LogP contribution in [0.3, 0.4) is 0 Å². The monoisotopic (exact) mass is 588 g/mol. The van der Waals surface area contributed by atoms with Gasteiger partial charge in [0.15, 0.2) is 0 Å². The van der Waals surface area contributed by atoms with Gasteiger partial charge in [-0.05, 0) is 49.9 Å². The van der Waals surface area contributed by atoms with Gasteiger partial charge >= 0.3 is 0 Å². The van der Waals surface area contributed by atoms with Crippen LogP contribution in [-0.2, 0) is 20.0 Å². The van der Waals surface area contributed by atoms with Gasteiger partial charge in [-0.2, -0.15) is 8.61 Å². The van der Waals surface area contributed by atoms with Gasteiger partial charge in [-0.25, -0.2) is 16.8 Å². The van der Waals surface area contributed by atoms with Crippen LogP contribution in [0.1, 0.15) is 86.5 Å². The molecule has 0 radical (unpaired) electrons. The van der Waals surface area contributed by atoms with Gasteiger partial charge in [-0.15, -0.1) is 0 Å². The molecule has 10 nitrogen and oxygen atoms in total. The van der Waals surface area contributed by atoms with E-state index in [9.17, 15) is 27.3 Å². The molecule has 40 heavy (non-hydrogen) atoms. The summed E-state index contributed by atoms with van der Waals surface area (Å²) < 4.78 is 57.2. The Morgan fingerprint density at radius 1 is 0.500 bits per heavy atom. The molecule has 0 bridgehead atoms. The highest BCUT2D eigenvalue weighted by molar-refractivity contribution is 7.89. The van der Waals surface area contributed by atoms with E-state index in [4.69, 9.17) is 0 Å². The SMILES string of the molecule is O=S(=O)(c1ccc2c(c1)/C(=N/O)c1ccc(S(=O)(=O)N3CCCCCCC3)cc1/C2=N/O)N1CCCCCCC1. The molecule has 2 fully saturated rings. The molecular weight excluding hydrogens is 552 g/mol. The van der Waals surface area contributed by atoms with E-state index < -0.39 is 20.0 Å². The second-order valence-electron chi connectivity index (χ2n) is 10.7. The minimum atomic E-state index is -3.80. The highest BCUT2D eigenvalue weighted by Crippen LogP contribution is 2.33. The van der Waals surface area contributed by atoms with Crippen molar-refractivity contribution in [2.24, 2.45) is 10.3 Å². The number of hydrogen-bond donors (Lipinski definition) is 2. The Morgan fingerprint density at radius 2 is 0.825 bits per heavy atom.